The summed E-state index contributed by atoms with van der Waals surface area (Å²) < 4.78 is 0. The lowest BCUT2D eigenvalue weighted by Crippen LogP contribution is -2.43. The Morgan fingerprint density at radius 1 is 1.28 bits per heavy atom. The van der Waals surface area contributed by atoms with Crippen LogP contribution in [0.2, 0.25) is 0 Å². The van der Waals surface area contributed by atoms with Crippen LogP contribution in [0.5, 0.6) is 0 Å². The smallest absolute Gasteiger partial charge is 0.225 e. The summed E-state index contributed by atoms with van der Waals surface area (Å²) in [6, 6.07) is 2.07. The zero-order chi connectivity index (χ0) is 18.1. The van der Waals surface area contributed by atoms with Gasteiger partial charge in [-0.1, -0.05) is 13.8 Å². The van der Waals surface area contributed by atoms with E-state index in [1.54, 1.807) is 12.4 Å². The van der Waals surface area contributed by atoms with Gasteiger partial charge in [0, 0.05) is 37.4 Å². The summed E-state index contributed by atoms with van der Waals surface area (Å²) in [5.74, 6) is 1.10. The van der Waals surface area contributed by atoms with E-state index in [1.165, 1.54) is 0 Å². The maximum Gasteiger partial charge on any atom is 0.225 e. The normalized spacial score (nSPS) is 16.9. The average molecular weight is 348 g/mol. The number of amides is 1. The first-order chi connectivity index (χ1) is 12.1. The lowest BCUT2D eigenvalue weighted by atomic mass is 9.95. The summed E-state index contributed by atoms with van der Waals surface area (Å²) in [6.45, 7) is 11.5. The van der Waals surface area contributed by atoms with Crippen LogP contribution < -0.4 is 10.2 Å². The van der Waals surface area contributed by atoms with E-state index < -0.39 is 0 Å². The van der Waals surface area contributed by atoms with Crippen LogP contribution in [0.25, 0.3) is 0 Å². The van der Waals surface area contributed by atoms with Gasteiger partial charge in [-0.05, 0) is 58.3 Å². The Balaban J connectivity index is 1.68. The number of nitrogens with one attached hydrogen (secondary N) is 1. The SMILES string of the molecule is CCN(CC)CCCC(C)NC(=O)C1CCN(c2ncccn2)CC1. The van der Waals surface area contributed by atoms with Crippen molar-refractivity contribution in [3.8, 4) is 0 Å². The molecule has 0 radical (unpaired) electrons. The van der Waals surface area contributed by atoms with E-state index in [1.807, 2.05) is 6.07 Å². The van der Waals surface area contributed by atoms with Crippen molar-refractivity contribution in [1.82, 2.24) is 20.2 Å². The Morgan fingerprint density at radius 2 is 1.92 bits per heavy atom. The quantitative estimate of drug-likeness (QED) is 0.743. The van der Waals surface area contributed by atoms with Crippen molar-refractivity contribution >= 4 is 11.9 Å². The monoisotopic (exact) mass is 347 g/mol. The highest BCUT2D eigenvalue weighted by molar-refractivity contribution is 5.79. The molecule has 1 atom stereocenters. The molecule has 1 aromatic heterocycles. The van der Waals surface area contributed by atoms with Gasteiger partial charge in [0.25, 0.3) is 0 Å². The zero-order valence-corrected chi connectivity index (χ0v) is 15.9. The second-order valence-electron chi connectivity index (χ2n) is 6.89. The summed E-state index contributed by atoms with van der Waals surface area (Å²) >= 11 is 0. The van der Waals surface area contributed by atoms with Crippen molar-refractivity contribution < 1.29 is 4.79 Å². The van der Waals surface area contributed by atoms with Crippen LogP contribution in [0.3, 0.4) is 0 Å². The van der Waals surface area contributed by atoms with Crippen LogP contribution >= 0.6 is 0 Å². The fraction of sp³-hybridized carbons (Fsp3) is 0.737. The minimum atomic E-state index is 0.116. The van der Waals surface area contributed by atoms with Gasteiger partial charge < -0.3 is 15.1 Å². The third kappa shape index (κ3) is 6.27. The van der Waals surface area contributed by atoms with E-state index >= 15 is 0 Å². The van der Waals surface area contributed by atoms with Gasteiger partial charge in [0.2, 0.25) is 11.9 Å². The molecular weight excluding hydrogens is 314 g/mol. The molecule has 6 nitrogen and oxygen atoms in total. The van der Waals surface area contributed by atoms with Crippen LogP contribution in [0, 0.1) is 5.92 Å². The number of carbonyl (C=O) groups excluding carboxylic acids is 1. The Morgan fingerprint density at radius 3 is 2.52 bits per heavy atom. The van der Waals surface area contributed by atoms with Gasteiger partial charge in [-0.15, -0.1) is 0 Å². The number of hydrogen-bond acceptors (Lipinski definition) is 5. The van der Waals surface area contributed by atoms with E-state index in [2.05, 4.69) is 45.9 Å². The number of aromatic nitrogens is 2. The Hall–Kier alpha value is -1.69. The zero-order valence-electron chi connectivity index (χ0n) is 15.9. The Labute approximate surface area is 152 Å². The number of rotatable bonds is 9. The van der Waals surface area contributed by atoms with Crippen molar-refractivity contribution in [2.75, 3.05) is 37.6 Å². The van der Waals surface area contributed by atoms with Gasteiger partial charge in [0.1, 0.15) is 0 Å². The van der Waals surface area contributed by atoms with Crippen molar-refractivity contribution in [2.45, 2.75) is 52.5 Å². The van der Waals surface area contributed by atoms with Crippen LogP contribution in [-0.2, 0) is 4.79 Å². The van der Waals surface area contributed by atoms with Crippen molar-refractivity contribution in [3.63, 3.8) is 0 Å². The first kappa shape index (κ1) is 19.6. The predicted octanol–water partition coefficient (Wildman–Crippen LogP) is 2.32. The summed E-state index contributed by atoms with van der Waals surface area (Å²) in [6.07, 6.45) is 7.44. The third-order valence-corrected chi connectivity index (χ3v) is 5.10. The predicted molar refractivity (Wildman–Crippen MR) is 102 cm³/mol. The van der Waals surface area contributed by atoms with E-state index in [-0.39, 0.29) is 17.9 Å². The van der Waals surface area contributed by atoms with Crippen molar-refractivity contribution in [1.29, 1.82) is 0 Å². The van der Waals surface area contributed by atoms with Gasteiger partial charge in [-0.25, -0.2) is 9.97 Å². The molecule has 1 saturated heterocycles. The summed E-state index contributed by atoms with van der Waals surface area (Å²) in [4.78, 5) is 25.7. The summed E-state index contributed by atoms with van der Waals surface area (Å²) in [5.41, 5.74) is 0. The first-order valence-electron chi connectivity index (χ1n) is 9.68. The minimum Gasteiger partial charge on any atom is -0.353 e. The molecule has 0 spiro atoms. The maximum absolute atomic E-state index is 12.5. The molecule has 0 bridgehead atoms. The highest BCUT2D eigenvalue weighted by atomic mass is 16.1. The molecule has 0 saturated carbocycles. The number of piperidine rings is 1. The van der Waals surface area contributed by atoms with E-state index in [0.29, 0.717) is 0 Å². The molecule has 1 unspecified atom stereocenters. The lowest BCUT2D eigenvalue weighted by molar-refractivity contribution is -0.126. The molecule has 140 valence electrons. The molecular formula is C19H33N5O. The first-order valence-corrected chi connectivity index (χ1v) is 9.68. The molecule has 6 heteroatoms. The van der Waals surface area contributed by atoms with Crippen LogP contribution in [-0.4, -0.2) is 59.5 Å². The molecule has 1 aromatic rings. The van der Waals surface area contributed by atoms with Gasteiger partial charge >= 0.3 is 0 Å². The fourth-order valence-electron chi connectivity index (χ4n) is 3.39. The molecule has 1 aliphatic rings. The van der Waals surface area contributed by atoms with Gasteiger partial charge in [0.15, 0.2) is 0 Å². The van der Waals surface area contributed by atoms with E-state index in [9.17, 15) is 4.79 Å². The second kappa shape index (κ2) is 10.3. The largest absolute Gasteiger partial charge is 0.353 e. The maximum atomic E-state index is 12.5. The number of hydrogen-bond donors (Lipinski definition) is 1. The third-order valence-electron chi connectivity index (χ3n) is 5.10. The molecule has 1 N–H and O–H groups in total. The summed E-state index contributed by atoms with van der Waals surface area (Å²) in [7, 11) is 0. The Kier molecular flexibility index (Phi) is 8.12. The van der Waals surface area contributed by atoms with Gasteiger partial charge in [-0.3, -0.25) is 4.79 Å². The number of anilines is 1. The Bertz CT molecular complexity index is 498. The standard InChI is InChI=1S/C19H33N5O/c1-4-23(5-2)13-6-8-16(3)22-18(25)17-9-14-24(15-10-17)19-20-11-7-12-21-19/h7,11-12,16-17H,4-6,8-10,13-15H2,1-3H3,(H,22,25). The van der Waals surface area contributed by atoms with Crippen LogP contribution in [0.4, 0.5) is 5.95 Å². The highest BCUT2D eigenvalue weighted by Gasteiger charge is 2.26. The molecule has 25 heavy (non-hydrogen) atoms. The lowest BCUT2D eigenvalue weighted by Gasteiger charge is -2.31. The van der Waals surface area contributed by atoms with E-state index in [4.69, 9.17) is 0 Å². The molecule has 1 amide bonds. The second-order valence-corrected chi connectivity index (χ2v) is 6.89. The molecule has 0 aromatic carbocycles. The molecule has 0 aliphatic carbocycles. The topological polar surface area (TPSA) is 61.4 Å². The van der Waals surface area contributed by atoms with E-state index in [0.717, 1.165) is 64.4 Å². The molecule has 2 heterocycles. The van der Waals surface area contributed by atoms with Gasteiger partial charge in [-0.2, -0.15) is 0 Å². The average Bonchev–Trinajstić information content (AvgIpc) is 2.66. The van der Waals surface area contributed by atoms with Gasteiger partial charge in [0.05, 0.1) is 0 Å². The molecule has 1 aliphatic heterocycles. The molecule has 2 rings (SSSR count). The van der Waals surface area contributed by atoms with Crippen LogP contribution in [0.1, 0.15) is 46.5 Å². The van der Waals surface area contributed by atoms with Crippen molar-refractivity contribution in [2.24, 2.45) is 5.92 Å². The highest BCUT2D eigenvalue weighted by Crippen LogP contribution is 2.20. The number of carbonyl (C=O) groups is 1. The number of nitrogens with zero attached hydrogens (tertiary/aromatic N) is 4. The molecule has 1 fully saturated rings. The summed E-state index contributed by atoms with van der Waals surface area (Å²) in [5, 5.41) is 3.21. The van der Waals surface area contributed by atoms with Crippen LogP contribution in [0.15, 0.2) is 18.5 Å². The minimum absolute atomic E-state index is 0.116. The van der Waals surface area contributed by atoms with Crippen molar-refractivity contribution in [3.05, 3.63) is 18.5 Å². The fourth-order valence-corrected chi connectivity index (χ4v) is 3.39.